The van der Waals surface area contributed by atoms with E-state index in [1.165, 1.54) is 42.4 Å². The first-order valence-corrected chi connectivity index (χ1v) is 32.3. The molecule has 6 heterocycles. The molecule has 14 nitrogen and oxygen atoms in total. The Hall–Kier alpha value is -6.91. The first-order chi connectivity index (χ1) is 41.7. The molecule has 2 saturated heterocycles. The molecule has 470 valence electrons. The third-order valence-electron chi connectivity index (χ3n) is 16.9. The van der Waals surface area contributed by atoms with Crippen LogP contribution in [0.5, 0.6) is 0 Å². The van der Waals surface area contributed by atoms with Crippen LogP contribution in [0.25, 0.3) is 56.0 Å². The van der Waals surface area contributed by atoms with Gasteiger partial charge in [0.25, 0.3) is 0 Å². The van der Waals surface area contributed by atoms with Crippen molar-refractivity contribution in [3.63, 3.8) is 0 Å². The topological polar surface area (TPSA) is 193 Å². The number of aromatic nitrogens is 6. The van der Waals surface area contributed by atoms with Crippen molar-refractivity contribution in [2.24, 2.45) is 39.2 Å². The lowest BCUT2D eigenvalue weighted by atomic mass is 9.88. The maximum absolute atomic E-state index is 15.2. The molecule has 0 spiro atoms. The molecule has 8 aromatic rings. The number of aryl methyl sites for hydroxylation is 2. The summed E-state index contributed by atoms with van der Waals surface area (Å²) in [7, 11) is 0. The Morgan fingerprint density at radius 1 is 0.659 bits per heavy atom. The first-order valence-electron chi connectivity index (χ1n) is 31.5. The van der Waals surface area contributed by atoms with Gasteiger partial charge in [-0.05, 0) is 197 Å². The van der Waals surface area contributed by atoms with Crippen LogP contribution in [0.3, 0.4) is 0 Å². The number of hydrogen-bond donors (Lipinski definition) is 5. The van der Waals surface area contributed by atoms with E-state index in [2.05, 4.69) is 112 Å². The summed E-state index contributed by atoms with van der Waals surface area (Å²) in [4.78, 5) is 52.8. The number of amidine groups is 2. The molecule has 2 aliphatic heterocycles. The van der Waals surface area contributed by atoms with Crippen LogP contribution in [0.2, 0.25) is 10.0 Å². The smallest absolute Gasteiger partial charge is 0.354 e. The molecule has 2 fully saturated rings. The second kappa shape index (κ2) is 31.0. The van der Waals surface area contributed by atoms with Crippen molar-refractivity contribution in [3.8, 4) is 33.9 Å². The molecular weight excluding hydrogens is 1140 g/mol. The standard InChI is InChI=1S/C37H48ClFN6O.C33H41ClN6O.CH4/c1-23(2)8-6-9-26-18-31(35(39)32(38)19-26)33-20-28-22-45(37(46)43-36(28)42-33)30-14-12-27(13-15-30)34-11-7-10-29(16-17-41-25(5)40)44(34)21-24(3)4;1-21(2)6-4-7-23-16-25(18-27(34)17-23)31-19-26-20-40(33(41)39-32(26)38-31)29-12-10-24(11-13-29)30-9-5-8-28(37-30)14-15-36-22(3)35;/h12-15,18-20,22-24,29,34H,6-11,16-17,21H2,1-5H3,(H2,40,41)(H,42,43,46);10-13,16-21,28,30,37H,4-9,14-15H2,1-3H3,(H2,35,36)(H,38,39,41);1H4/t29-,34-;28-,30-;/m00./s1. The number of hydrogen-bond acceptors (Lipinski definition) is 8. The van der Waals surface area contributed by atoms with E-state index in [-0.39, 0.29) is 18.1 Å². The molecule has 7 N–H and O–H groups in total. The second-order valence-corrected chi connectivity index (χ2v) is 26.3. The quantitative estimate of drug-likeness (QED) is 0.0327. The monoisotopic (exact) mass is 1230 g/mol. The predicted octanol–water partition coefficient (Wildman–Crippen LogP) is 16.1. The van der Waals surface area contributed by atoms with Gasteiger partial charge in [-0.15, -0.1) is 0 Å². The molecule has 17 heteroatoms. The van der Waals surface area contributed by atoms with Crippen LogP contribution in [0, 0.1) is 23.6 Å². The van der Waals surface area contributed by atoms with Gasteiger partial charge in [0.1, 0.15) is 11.3 Å². The second-order valence-electron chi connectivity index (χ2n) is 25.5. The summed E-state index contributed by atoms with van der Waals surface area (Å²) in [6.07, 6.45) is 18.7. The maximum atomic E-state index is 15.2. The Balaban J connectivity index is 0.000000227. The van der Waals surface area contributed by atoms with Crippen LogP contribution in [-0.4, -0.2) is 77.4 Å². The highest BCUT2D eigenvalue weighted by molar-refractivity contribution is 6.31. The number of rotatable bonds is 22. The molecular formula is C71H93Cl2FN12O2. The minimum Gasteiger partial charge on any atom is -0.388 e. The van der Waals surface area contributed by atoms with Gasteiger partial charge in [0.2, 0.25) is 0 Å². The lowest BCUT2D eigenvalue weighted by molar-refractivity contribution is 0.0659. The highest BCUT2D eigenvalue weighted by atomic mass is 35.5. The molecule has 0 aliphatic carbocycles. The number of halogens is 3. The van der Waals surface area contributed by atoms with E-state index >= 15 is 4.39 Å². The van der Waals surface area contributed by atoms with Gasteiger partial charge in [-0.25, -0.2) is 14.0 Å². The number of aromatic amines is 2. The zero-order valence-electron chi connectivity index (χ0n) is 52.1. The fraction of sp³-hybridized carbons (Fsp3) is 0.465. The minimum absolute atomic E-state index is 0. The molecule has 0 amide bonds. The predicted molar refractivity (Wildman–Crippen MR) is 366 cm³/mol. The van der Waals surface area contributed by atoms with E-state index in [1.54, 1.807) is 21.4 Å². The Labute approximate surface area is 529 Å². The van der Waals surface area contributed by atoms with Gasteiger partial charge in [0, 0.05) is 83.2 Å². The van der Waals surface area contributed by atoms with Gasteiger partial charge in [0.05, 0.1) is 33.8 Å². The van der Waals surface area contributed by atoms with Gasteiger partial charge in [-0.3, -0.25) is 24.0 Å². The van der Waals surface area contributed by atoms with Crippen LogP contribution in [0.15, 0.2) is 123 Å². The number of H-pyrrole nitrogens is 2. The van der Waals surface area contributed by atoms with Crippen molar-refractivity contribution >= 4 is 56.9 Å². The van der Waals surface area contributed by atoms with E-state index in [1.807, 2.05) is 74.6 Å². The summed E-state index contributed by atoms with van der Waals surface area (Å²) in [5, 5.41) is 6.17. The number of benzene rings is 4. The third-order valence-corrected chi connectivity index (χ3v) is 17.4. The van der Waals surface area contributed by atoms with E-state index in [0.29, 0.717) is 86.6 Å². The average Bonchev–Trinajstić information content (AvgIpc) is 3.46. The molecule has 88 heavy (non-hydrogen) atoms. The van der Waals surface area contributed by atoms with Crippen molar-refractivity contribution in [1.82, 2.24) is 39.3 Å². The number of piperidine rings is 2. The Morgan fingerprint density at radius 2 is 1.20 bits per heavy atom. The molecule has 4 aromatic carbocycles. The van der Waals surface area contributed by atoms with Crippen molar-refractivity contribution in [3.05, 3.63) is 162 Å². The zero-order valence-corrected chi connectivity index (χ0v) is 53.6. The first kappa shape index (κ1) is 67.0. The number of fused-ring (bicyclic) bond motifs is 2. The minimum atomic E-state index is -0.481. The third kappa shape index (κ3) is 17.7. The molecule has 0 unspecified atom stereocenters. The van der Waals surface area contributed by atoms with Gasteiger partial charge >= 0.3 is 11.4 Å². The van der Waals surface area contributed by atoms with E-state index < -0.39 is 11.5 Å². The summed E-state index contributed by atoms with van der Waals surface area (Å²) in [5.74, 6) is 2.63. The van der Waals surface area contributed by atoms with Crippen molar-refractivity contribution in [2.45, 2.75) is 177 Å². The number of nitrogens with zero attached hydrogens (tertiary/aromatic N) is 7. The van der Waals surface area contributed by atoms with Crippen molar-refractivity contribution < 1.29 is 4.39 Å². The highest BCUT2D eigenvalue weighted by Gasteiger charge is 2.32. The molecule has 2 aliphatic rings. The van der Waals surface area contributed by atoms with E-state index in [0.717, 1.165) is 117 Å². The van der Waals surface area contributed by atoms with Crippen molar-refractivity contribution in [2.75, 3.05) is 19.6 Å². The molecule has 4 atom stereocenters. The van der Waals surface area contributed by atoms with Gasteiger partial charge in [-0.2, -0.15) is 9.97 Å². The number of aliphatic imine (C=N–C) groups is 2. The fourth-order valence-electron chi connectivity index (χ4n) is 12.5. The fourth-order valence-corrected chi connectivity index (χ4v) is 13.0. The number of likely N-dealkylation sites (tertiary alicyclic amines) is 1. The Morgan fingerprint density at radius 3 is 1.78 bits per heavy atom. The normalized spacial score (nSPS) is 17.7. The molecule has 10 rings (SSSR count). The van der Waals surface area contributed by atoms with Crippen LogP contribution >= 0.6 is 23.2 Å². The van der Waals surface area contributed by atoms with Crippen molar-refractivity contribution in [1.29, 1.82) is 0 Å². The maximum Gasteiger partial charge on any atom is 0.354 e. The SMILES string of the molecule is C.CC(N)=NCC[C@@H]1CCC[C@@H](c2ccc(-n3cc4cc(-c5cc(CCCC(C)C)cc(Cl)c5F)[nH]c4nc3=O)cc2)N1CC(C)C.CC(N)=NCC[C@@H]1CCC[C@@H](c2ccc(-n3cc4cc(-c5cc(Cl)cc(CCCC(C)C)c5)[nH]c4nc3=O)cc2)N1. The molecule has 0 bridgehead atoms. The lowest BCUT2D eigenvalue weighted by Gasteiger charge is -2.43. The van der Waals surface area contributed by atoms with E-state index in [9.17, 15) is 9.59 Å². The molecule has 4 aromatic heterocycles. The lowest BCUT2D eigenvalue weighted by Crippen LogP contribution is -2.44. The van der Waals surface area contributed by atoms with Gasteiger partial charge < -0.3 is 26.8 Å². The Kier molecular flexibility index (Phi) is 23.6. The number of nitrogens with two attached hydrogens (primary N) is 2. The summed E-state index contributed by atoms with van der Waals surface area (Å²) in [5.41, 5.74) is 20.8. The number of nitrogens with one attached hydrogen (secondary N) is 3. The Bertz CT molecular complexity index is 3780. The van der Waals surface area contributed by atoms with Gasteiger partial charge in [0.15, 0.2) is 5.82 Å². The summed E-state index contributed by atoms with van der Waals surface area (Å²) in [6.45, 7) is 19.6. The summed E-state index contributed by atoms with van der Waals surface area (Å²) >= 11 is 12.8. The summed E-state index contributed by atoms with van der Waals surface area (Å²) in [6, 6.07) is 31.6. The summed E-state index contributed by atoms with van der Waals surface area (Å²) < 4.78 is 18.4. The van der Waals surface area contributed by atoms with Crippen LogP contribution in [0.1, 0.15) is 174 Å². The average molecular weight is 1240 g/mol. The zero-order chi connectivity index (χ0) is 61.9. The van der Waals surface area contributed by atoms with E-state index in [4.69, 9.17) is 34.7 Å². The van der Waals surface area contributed by atoms with Crippen LogP contribution in [-0.2, 0) is 12.8 Å². The molecule has 0 saturated carbocycles. The molecule has 0 radical (unpaired) electrons. The van der Waals surface area contributed by atoms with Crippen LogP contribution < -0.4 is 28.2 Å². The highest BCUT2D eigenvalue weighted by Crippen LogP contribution is 2.38. The van der Waals surface area contributed by atoms with Gasteiger partial charge in [-0.1, -0.05) is 116 Å². The largest absolute Gasteiger partial charge is 0.388 e. The van der Waals surface area contributed by atoms with Crippen LogP contribution in [0.4, 0.5) is 4.39 Å².